The summed E-state index contributed by atoms with van der Waals surface area (Å²) in [6.07, 6.45) is 2.20. The molecule has 4 heteroatoms. The third-order valence-electron chi connectivity index (χ3n) is 3.38. The maximum atomic E-state index is 11.4. The van der Waals surface area contributed by atoms with Gasteiger partial charge < -0.3 is 4.74 Å². The second kappa shape index (κ2) is 4.21. The van der Waals surface area contributed by atoms with Gasteiger partial charge in [-0.05, 0) is 18.4 Å². The Balaban J connectivity index is 1.96. The summed E-state index contributed by atoms with van der Waals surface area (Å²) in [5.41, 5.74) is 1.74. The molecule has 0 atom stereocenters. The number of carbonyl (C=O) groups is 1. The largest absolute Gasteiger partial charge is 0.464 e. The van der Waals surface area contributed by atoms with Crippen LogP contribution in [0.25, 0.3) is 0 Å². The summed E-state index contributed by atoms with van der Waals surface area (Å²) in [7, 11) is 1.38. The maximum Gasteiger partial charge on any atom is 0.357 e. The lowest BCUT2D eigenvalue weighted by Crippen LogP contribution is -2.09. The van der Waals surface area contributed by atoms with E-state index in [0.717, 1.165) is 17.8 Å². The topological polar surface area (TPSA) is 39.2 Å². The van der Waals surface area contributed by atoms with E-state index in [4.69, 9.17) is 4.74 Å². The second-order valence-electron chi connectivity index (χ2n) is 4.48. The predicted octanol–water partition coefficient (Wildman–Crippen LogP) is 3.01. The van der Waals surface area contributed by atoms with Crippen molar-refractivity contribution < 1.29 is 9.53 Å². The molecule has 0 aliphatic heterocycles. The van der Waals surface area contributed by atoms with Crippen molar-refractivity contribution in [3.8, 4) is 0 Å². The quantitative estimate of drug-likeness (QED) is 0.795. The summed E-state index contributed by atoms with van der Waals surface area (Å²) in [4.78, 5) is 15.9. The third kappa shape index (κ3) is 1.73. The van der Waals surface area contributed by atoms with Crippen LogP contribution in [0.15, 0.2) is 35.7 Å². The van der Waals surface area contributed by atoms with E-state index in [1.165, 1.54) is 12.7 Å². The van der Waals surface area contributed by atoms with E-state index < -0.39 is 0 Å². The Morgan fingerprint density at radius 3 is 2.67 bits per heavy atom. The highest BCUT2D eigenvalue weighted by molar-refractivity contribution is 7.10. The van der Waals surface area contributed by atoms with Crippen LogP contribution in [0.4, 0.5) is 0 Å². The van der Waals surface area contributed by atoms with Gasteiger partial charge >= 0.3 is 5.97 Å². The number of methoxy groups -OCH3 is 1. The Bertz CT molecular complexity index is 572. The Kier molecular flexibility index (Phi) is 2.67. The van der Waals surface area contributed by atoms with E-state index in [2.05, 4.69) is 17.1 Å². The van der Waals surface area contributed by atoms with Crippen LogP contribution in [0, 0.1) is 0 Å². The molecule has 3 rings (SSSR count). The Hall–Kier alpha value is -1.68. The third-order valence-corrected chi connectivity index (χ3v) is 4.43. The van der Waals surface area contributed by atoms with Gasteiger partial charge in [0.15, 0.2) is 5.69 Å². The van der Waals surface area contributed by atoms with Crippen molar-refractivity contribution in [1.29, 1.82) is 0 Å². The van der Waals surface area contributed by atoms with E-state index in [9.17, 15) is 4.79 Å². The smallest absolute Gasteiger partial charge is 0.357 e. The van der Waals surface area contributed by atoms with Gasteiger partial charge in [0, 0.05) is 10.8 Å². The fourth-order valence-electron chi connectivity index (χ4n) is 2.20. The number of hydrogen-bond donors (Lipinski definition) is 0. The molecule has 1 aliphatic carbocycles. The van der Waals surface area contributed by atoms with Gasteiger partial charge in [-0.15, -0.1) is 11.3 Å². The van der Waals surface area contributed by atoms with Gasteiger partial charge in [-0.25, -0.2) is 9.78 Å². The molecule has 0 N–H and O–H groups in total. The Morgan fingerprint density at radius 1 is 1.33 bits per heavy atom. The molecule has 0 saturated heterocycles. The molecule has 1 saturated carbocycles. The molecule has 0 unspecified atom stereocenters. The Labute approximate surface area is 109 Å². The number of ether oxygens (including phenoxy) is 1. The maximum absolute atomic E-state index is 11.4. The molecule has 0 spiro atoms. The van der Waals surface area contributed by atoms with E-state index in [1.807, 2.05) is 18.2 Å². The second-order valence-corrected chi connectivity index (χ2v) is 5.34. The van der Waals surface area contributed by atoms with Crippen LogP contribution in [0.2, 0.25) is 0 Å². The molecule has 0 amide bonds. The van der Waals surface area contributed by atoms with Crippen molar-refractivity contribution in [3.63, 3.8) is 0 Å². The van der Waals surface area contributed by atoms with Gasteiger partial charge in [0.2, 0.25) is 0 Å². The van der Waals surface area contributed by atoms with Crippen LogP contribution in [0.5, 0.6) is 0 Å². The van der Waals surface area contributed by atoms with Crippen molar-refractivity contribution in [2.24, 2.45) is 0 Å². The first-order chi connectivity index (χ1) is 8.76. The molecule has 92 valence electrons. The van der Waals surface area contributed by atoms with Crippen LogP contribution in [-0.2, 0) is 10.2 Å². The van der Waals surface area contributed by atoms with Gasteiger partial charge in [0.1, 0.15) is 5.01 Å². The van der Waals surface area contributed by atoms with E-state index in [1.54, 1.807) is 16.7 Å². The fraction of sp³-hybridized carbons (Fsp3) is 0.286. The summed E-state index contributed by atoms with van der Waals surface area (Å²) in [6.45, 7) is 0. The van der Waals surface area contributed by atoms with Crippen LogP contribution in [0.3, 0.4) is 0 Å². The highest BCUT2D eigenvalue weighted by Gasteiger charge is 2.48. The average molecular weight is 259 g/mol. The highest BCUT2D eigenvalue weighted by Crippen LogP contribution is 2.54. The van der Waals surface area contributed by atoms with Crippen molar-refractivity contribution in [1.82, 2.24) is 4.98 Å². The van der Waals surface area contributed by atoms with Gasteiger partial charge in [0.05, 0.1) is 7.11 Å². The zero-order valence-electron chi connectivity index (χ0n) is 10.1. The Morgan fingerprint density at radius 2 is 2.06 bits per heavy atom. The fourth-order valence-corrected chi connectivity index (χ4v) is 3.27. The molecule has 1 aliphatic rings. The van der Waals surface area contributed by atoms with E-state index in [0.29, 0.717) is 5.69 Å². The predicted molar refractivity (Wildman–Crippen MR) is 69.9 cm³/mol. The first-order valence-electron chi connectivity index (χ1n) is 5.86. The monoisotopic (exact) mass is 259 g/mol. The molecule has 1 heterocycles. The first-order valence-corrected chi connectivity index (χ1v) is 6.74. The lowest BCUT2D eigenvalue weighted by molar-refractivity contribution is 0.0594. The van der Waals surface area contributed by atoms with Gasteiger partial charge in [-0.2, -0.15) is 0 Å². The number of hydrogen-bond acceptors (Lipinski definition) is 4. The zero-order valence-corrected chi connectivity index (χ0v) is 10.9. The van der Waals surface area contributed by atoms with Crippen LogP contribution < -0.4 is 0 Å². The molecule has 0 radical (unpaired) electrons. The van der Waals surface area contributed by atoms with Crippen LogP contribution >= 0.6 is 11.3 Å². The van der Waals surface area contributed by atoms with Crippen molar-refractivity contribution in [2.45, 2.75) is 18.3 Å². The lowest BCUT2D eigenvalue weighted by atomic mass is 9.97. The number of thiazole rings is 1. The minimum absolute atomic E-state index is 0.0399. The summed E-state index contributed by atoms with van der Waals surface area (Å²) in [5, 5.41) is 2.80. The van der Waals surface area contributed by atoms with Crippen LogP contribution in [0.1, 0.15) is 33.9 Å². The molecule has 1 aromatic carbocycles. The first kappa shape index (κ1) is 11.4. The SMILES string of the molecule is COC(=O)c1csc(C2(c3ccccc3)CC2)n1. The zero-order chi connectivity index (χ0) is 12.6. The molecule has 0 bridgehead atoms. The van der Waals surface area contributed by atoms with E-state index in [-0.39, 0.29) is 11.4 Å². The number of nitrogens with zero attached hydrogens (tertiary/aromatic N) is 1. The molecular weight excluding hydrogens is 246 g/mol. The standard InChI is InChI=1S/C14H13NO2S/c1-17-12(16)11-9-18-13(15-11)14(7-8-14)10-5-3-2-4-6-10/h2-6,9H,7-8H2,1H3. The lowest BCUT2D eigenvalue weighted by Gasteiger charge is -2.11. The van der Waals surface area contributed by atoms with E-state index >= 15 is 0 Å². The summed E-state index contributed by atoms with van der Waals surface area (Å²) < 4.78 is 4.69. The molecule has 1 aromatic heterocycles. The van der Waals surface area contributed by atoms with Crippen LogP contribution in [-0.4, -0.2) is 18.1 Å². The minimum atomic E-state index is -0.360. The molecule has 2 aromatic rings. The molecular formula is C14H13NO2S. The minimum Gasteiger partial charge on any atom is -0.464 e. The summed E-state index contributed by atoms with van der Waals surface area (Å²) in [6, 6.07) is 10.4. The van der Waals surface area contributed by atoms with Gasteiger partial charge in [-0.3, -0.25) is 0 Å². The number of benzene rings is 1. The number of aromatic nitrogens is 1. The normalized spacial score (nSPS) is 16.3. The number of carbonyl (C=O) groups excluding carboxylic acids is 1. The number of rotatable bonds is 3. The van der Waals surface area contributed by atoms with Crippen molar-refractivity contribution in [3.05, 3.63) is 52.0 Å². The average Bonchev–Trinajstić information content (AvgIpc) is 3.10. The summed E-state index contributed by atoms with van der Waals surface area (Å²) >= 11 is 1.55. The summed E-state index contributed by atoms with van der Waals surface area (Å²) in [5.74, 6) is -0.360. The molecule has 1 fully saturated rings. The highest BCUT2D eigenvalue weighted by atomic mass is 32.1. The molecule has 18 heavy (non-hydrogen) atoms. The van der Waals surface area contributed by atoms with Gasteiger partial charge in [-0.1, -0.05) is 30.3 Å². The van der Waals surface area contributed by atoms with Crippen molar-refractivity contribution >= 4 is 17.3 Å². The van der Waals surface area contributed by atoms with Gasteiger partial charge in [0.25, 0.3) is 0 Å². The number of esters is 1. The molecule has 3 nitrogen and oxygen atoms in total. The van der Waals surface area contributed by atoms with Crippen molar-refractivity contribution in [2.75, 3.05) is 7.11 Å².